The summed E-state index contributed by atoms with van der Waals surface area (Å²) in [7, 11) is 0. The molecule has 1 rings (SSSR count). The number of hydrogen-bond donors (Lipinski definition) is 1. The van der Waals surface area contributed by atoms with Crippen LogP contribution < -0.4 is 5.73 Å². The Labute approximate surface area is 73.2 Å². The van der Waals surface area contributed by atoms with Crippen LogP contribution >= 0.6 is 0 Å². The van der Waals surface area contributed by atoms with E-state index in [1.165, 1.54) is 0 Å². The summed E-state index contributed by atoms with van der Waals surface area (Å²) in [6, 6.07) is -0.0622. The van der Waals surface area contributed by atoms with E-state index in [0.29, 0.717) is 0 Å². The molecule has 0 aromatic heterocycles. The molecule has 0 aromatic rings. The Bertz CT molecular complexity index is 189. The van der Waals surface area contributed by atoms with Crippen LogP contribution in [-0.4, -0.2) is 23.4 Å². The Morgan fingerprint density at radius 3 is 3.08 bits per heavy atom. The maximum atomic E-state index is 10.9. The summed E-state index contributed by atoms with van der Waals surface area (Å²) in [4.78, 5) is 13.0. The van der Waals surface area contributed by atoms with Gasteiger partial charge in [0.2, 0.25) is 5.91 Å². The summed E-state index contributed by atoms with van der Waals surface area (Å²) < 4.78 is 0. The molecular weight excluding hydrogens is 152 g/mol. The fourth-order valence-electron chi connectivity index (χ4n) is 1.51. The number of likely N-dealkylation sites (tertiary alicyclic amines) is 1. The zero-order chi connectivity index (χ0) is 8.97. The summed E-state index contributed by atoms with van der Waals surface area (Å²) in [5.41, 5.74) is 5.25. The maximum Gasteiger partial charge on any atom is 0.240 e. The van der Waals surface area contributed by atoms with Crippen molar-refractivity contribution in [3.63, 3.8) is 0 Å². The van der Waals surface area contributed by atoms with E-state index in [4.69, 9.17) is 5.73 Å². The molecular formula is C9H16N2O. The van der Waals surface area contributed by atoms with Gasteiger partial charge in [-0.2, -0.15) is 0 Å². The second-order valence-electron chi connectivity index (χ2n) is 3.09. The highest BCUT2D eigenvalue weighted by atomic mass is 16.1. The third-order valence-corrected chi connectivity index (χ3v) is 2.16. The van der Waals surface area contributed by atoms with Crippen LogP contribution in [0.2, 0.25) is 0 Å². The summed E-state index contributed by atoms with van der Waals surface area (Å²) in [5.74, 6) is -0.201. The second-order valence-corrected chi connectivity index (χ2v) is 3.09. The average Bonchev–Trinajstić information content (AvgIpc) is 2.48. The first-order valence-corrected chi connectivity index (χ1v) is 4.47. The normalized spacial score (nSPS) is 23.8. The van der Waals surface area contributed by atoms with Crippen molar-refractivity contribution in [1.82, 2.24) is 4.90 Å². The van der Waals surface area contributed by atoms with Crippen LogP contribution in [0.1, 0.15) is 26.2 Å². The van der Waals surface area contributed by atoms with Gasteiger partial charge in [0.05, 0.1) is 0 Å². The van der Waals surface area contributed by atoms with E-state index >= 15 is 0 Å². The molecule has 1 heterocycles. The predicted molar refractivity (Wildman–Crippen MR) is 48.4 cm³/mol. The van der Waals surface area contributed by atoms with E-state index in [2.05, 4.69) is 13.0 Å². The van der Waals surface area contributed by atoms with E-state index in [-0.39, 0.29) is 11.9 Å². The van der Waals surface area contributed by atoms with Gasteiger partial charge in [0.1, 0.15) is 6.04 Å². The van der Waals surface area contributed by atoms with Crippen molar-refractivity contribution in [3.05, 3.63) is 12.3 Å². The van der Waals surface area contributed by atoms with Crippen LogP contribution in [0.4, 0.5) is 0 Å². The Kier molecular flexibility index (Phi) is 3.14. The highest BCUT2D eigenvalue weighted by molar-refractivity contribution is 5.80. The van der Waals surface area contributed by atoms with E-state index in [1.54, 1.807) is 0 Å². The van der Waals surface area contributed by atoms with Gasteiger partial charge in [0.15, 0.2) is 0 Å². The molecule has 0 bridgehead atoms. The number of rotatable bonds is 3. The number of nitrogens with zero attached hydrogens (tertiary/aromatic N) is 1. The number of allylic oxidation sites excluding steroid dienone is 1. The molecule has 3 nitrogen and oxygen atoms in total. The quantitative estimate of drug-likeness (QED) is 0.679. The van der Waals surface area contributed by atoms with E-state index in [9.17, 15) is 4.79 Å². The van der Waals surface area contributed by atoms with Crippen molar-refractivity contribution in [2.45, 2.75) is 32.2 Å². The van der Waals surface area contributed by atoms with Crippen LogP contribution in [0.5, 0.6) is 0 Å². The lowest BCUT2D eigenvalue weighted by Gasteiger charge is -2.19. The van der Waals surface area contributed by atoms with Crippen molar-refractivity contribution in [3.8, 4) is 0 Å². The summed E-state index contributed by atoms with van der Waals surface area (Å²) >= 11 is 0. The minimum Gasteiger partial charge on any atom is -0.368 e. The number of carbonyl (C=O) groups excluding carboxylic acids is 1. The fourth-order valence-corrected chi connectivity index (χ4v) is 1.51. The van der Waals surface area contributed by atoms with Crippen LogP contribution in [0.15, 0.2) is 12.3 Å². The van der Waals surface area contributed by atoms with Gasteiger partial charge in [-0.1, -0.05) is 13.0 Å². The Morgan fingerprint density at radius 1 is 1.75 bits per heavy atom. The molecule has 0 unspecified atom stereocenters. The molecule has 0 radical (unpaired) electrons. The molecule has 2 N–H and O–H groups in total. The standard InChI is InChI=1S/C9H16N2O/c1-2-3-6-11-7-4-5-8(11)9(10)12/h3,6,8H,2,4-5,7H2,1H3,(H2,10,12)/b6-3+/t8-/m0/s1. The van der Waals surface area contributed by atoms with Crippen LogP contribution in [0.3, 0.4) is 0 Å². The molecule has 0 saturated carbocycles. The first-order chi connectivity index (χ1) is 5.75. The molecule has 68 valence electrons. The van der Waals surface area contributed by atoms with Crippen molar-refractivity contribution < 1.29 is 4.79 Å². The van der Waals surface area contributed by atoms with E-state index in [0.717, 1.165) is 25.8 Å². The Morgan fingerprint density at radius 2 is 2.50 bits per heavy atom. The first kappa shape index (κ1) is 9.10. The third kappa shape index (κ3) is 2.00. The first-order valence-electron chi connectivity index (χ1n) is 4.47. The van der Waals surface area contributed by atoms with Gasteiger partial charge in [-0.25, -0.2) is 0 Å². The Hall–Kier alpha value is -0.990. The number of hydrogen-bond acceptors (Lipinski definition) is 2. The van der Waals surface area contributed by atoms with Crippen molar-refractivity contribution in [1.29, 1.82) is 0 Å². The number of primary amides is 1. The Balaban J connectivity index is 2.52. The third-order valence-electron chi connectivity index (χ3n) is 2.16. The van der Waals surface area contributed by atoms with Crippen LogP contribution in [0.25, 0.3) is 0 Å². The summed E-state index contributed by atoms with van der Waals surface area (Å²) in [6.45, 7) is 3.04. The molecule has 3 heteroatoms. The van der Waals surface area contributed by atoms with E-state index in [1.807, 2.05) is 11.1 Å². The van der Waals surface area contributed by atoms with Gasteiger partial charge < -0.3 is 10.6 Å². The minimum absolute atomic E-state index is 0.0622. The summed E-state index contributed by atoms with van der Waals surface area (Å²) in [5, 5.41) is 0. The van der Waals surface area contributed by atoms with Gasteiger partial charge in [-0.05, 0) is 25.5 Å². The van der Waals surface area contributed by atoms with Gasteiger partial charge in [-0.15, -0.1) is 0 Å². The second kappa shape index (κ2) is 4.14. The molecule has 1 aliphatic heterocycles. The SMILES string of the molecule is CC/C=C/N1CCC[C@H]1C(N)=O. The molecule has 0 aliphatic carbocycles. The van der Waals surface area contributed by atoms with Gasteiger partial charge in [0.25, 0.3) is 0 Å². The minimum atomic E-state index is -0.201. The highest BCUT2D eigenvalue weighted by Crippen LogP contribution is 2.16. The van der Waals surface area contributed by atoms with Crippen LogP contribution in [-0.2, 0) is 4.79 Å². The molecule has 1 aliphatic rings. The van der Waals surface area contributed by atoms with Crippen molar-refractivity contribution in [2.24, 2.45) is 5.73 Å². The largest absolute Gasteiger partial charge is 0.368 e. The lowest BCUT2D eigenvalue weighted by Crippen LogP contribution is -2.37. The maximum absolute atomic E-state index is 10.9. The number of carbonyl (C=O) groups is 1. The molecule has 1 fully saturated rings. The molecule has 12 heavy (non-hydrogen) atoms. The van der Waals surface area contributed by atoms with E-state index < -0.39 is 0 Å². The smallest absolute Gasteiger partial charge is 0.240 e. The molecule has 0 aromatic carbocycles. The van der Waals surface area contributed by atoms with Gasteiger partial charge >= 0.3 is 0 Å². The molecule has 1 saturated heterocycles. The number of amides is 1. The topological polar surface area (TPSA) is 46.3 Å². The lowest BCUT2D eigenvalue weighted by atomic mass is 10.2. The highest BCUT2D eigenvalue weighted by Gasteiger charge is 2.25. The van der Waals surface area contributed by atoms with Gasteiger partial charge in [0, 0.05) is 6.54 Å². The number of nitrogens with two attached hydrogens (primary N) is 1. The van der Waals surface area contributed by atoms with Crippen LogP contribution in [0, 0.1) is 0 Å². The zero-order valence-corrected chi connectivity index (χ0v) is 7.49. The lowest BCUT2D eigenvalue weighted by molar-refractivity contribution is -0.121. The molecule has 1 amide bonds. The predicted octanol–water partition coefficient (Wildman–Crippen LogP) is 0.860. The monoisotopic (exact) mass is 168 g/mol. The van der Waals surface area contributed by atoms with Gasteiger partial charge in [-0.3, -0.25) is 4.79 Å². The van der Waals surface area contributed by atoms with Crippen molar-refractivity contribution in [2.75, 3.05) is 6.54 Å². The molecule has 0 spiro atoms. The zero-order valence-electron chi connectivity index (χ0n) is 7.49. The molecule has 1 atom stereocenters. The summed E-state index contributed by atoms with van der Waals surface area (Å²) in [6.07, 6.45) is 7.02. The fraction of sp³-hybridized carbons (Fsp3) is 0.667. The average molecular weight is 168 g/mol. The van der Waals surface area contributed by atoms with Crippen molar-refractivity contribution >= 4 is 5.91 Å².